The van der Waals surface area contributed by atoms with Crippen LogP contribution in [0.15, 0.2) is 12.2 Å². The molecule has 0 bridgehead atoms. The molecule has 2 N–H and O–H groups in total. The number of likely N-dealkylation sites (N-methyl/N-ethyl adjacent to an activating group) is 1. The number of hydrogen-bond donors (Lipinski definition) is 1. The zero-order chi connectivity index (χ0) is 12.7. The molecule has 1 aliphatic rings. The molecule has 0 aromatic carbocycles. The van der Waals surface area contributed by atoms with Gasteiger partial charge in [-0.1, -0.05) is 44.8 Å². The molecule has 0 spiro atoms. The highest BCUT2D eigenvalue weighted by Crippen LogP contribution is 2.35. The largest absolute Gasteiger partial charge is 0.330 e. The summed E-state index contributed by atoms with van der Waals surface area (Å²) in [6.07, 6.45) is 8.15. The van der Waals surface area contributed by atoms with E-state index in [1.165, 1.54) is 44.1 Å². The molecule has 1 saturated carbocycles. The number of nitrogens with two attached hydrogens (primary N) is 1. The molecule has 0 aromatic rings. The lowest BCUT2D eigenvalue weighted by Crippen LogP contribution is -2.43. The molecule has 0 saturated heterocycles. The van der Waals surface area contributed by atoms with Crippen molar-refractivity contribution in [1.29, 1.82) is 0 Å². The van der Waals surface area contributed by atoms with E-state index in [0.717, 1.165) is 26.2 Å². The van der Waals surface area contributed by atoms with E-state index in [9.17, 15) is 0 Å². The van der Waals surface area contributed by atoms with Crippen LogP contribution >= 0.6 is 0 Å². The summed E-state index contributed by atoms with van der Waals surface area (Å²) in [5.74, 6) is 0. The molecule has 2 heteroatoms. The standard InChI is InChI=1S/C15H30N2/c1-4-17(11-14(2)3)13-15(12-16)9-7-5-6-8-10-15/h2,4-13,16H2,1,3H3. The molecule has 0 heterocycles. The second-order valence-electron chi connectivity index (χ2n) is 5.88. The fraction of sp³-hybridized carbons (Fsp3) is 0.867. The lowest BCUT2D eigenvalue weighted by atomic mass is 9.80. The van der Waals surface area contributed by atoms with E-state index in [1.54, 1.807) is 0 Å². The monoisotopic (exact) mass is 238 g/mol. The van der Waals surface area contributed by atoms with E-state index in [1.807, 2.05) is 0 Å². The van der Waals surface area contributed by atoms with Crippen LogP contribution in [0.5, 0.6) is 0 Å². The average Bonchev–Trinajstić information content (AvgIpc) is 2.54. The van der Waals surface area contributed by atoms with Gasteiger partial charge in [0.15, 0.2) is 0 Å². The van der Waals surface area contributed by atoms with Crippen molar-refractivity contribution in [3.8, 4) is 0 Å². The van der Waals surface area contributed by atoms with Gasteiger partial charge in [0.25, 0.3) is 0 Å². The molecule has 0 radical (unpaired) electrons. The first-order valence-electron chi connectivity index (χ1n) is 7.19. The Kier molecular flexibility index (Phi) is 6.21. The zero-order valence-electron chi connectivity index (χ0n) is 11.8. The predicted octanol–water partition coefficient (Wildman–Crippen LogP) is 3.18. The van der Waals surface area contributed by atoms with Gasteiger partial charge in [0.1, 0.15) is 0 Å². The maximum absolute atomic E-state index is 6.09. The molecule has 0 aliphatic heterocycles. The van der Waals surface area contributed by atoms with Crippen LogP contribution in [-0.2, 0) is 0 Å². The van der Waals surface area contributed by atoms with Crippen LogP contribution < -0.4 is 5.73 Å². The Morgan fingerprint density at radius 2 is 1.82 bits per heavy atom. The van der Waals surface area contributed by atoms with Crippen LogP contribution in [0.1, 0.15) is 52.4 Å². The van der Waals surface area contributed by atoms with E-state index in [2.05, 4.69) is 25.3 Å². The Morgan fingerprint density at radius 3 is 2.24 bits per heavy atom. The van der Waals surface area contributed by atoms with Gasteiger partial charge in [-0.3, -0.25) is 4.90 Å². The summed E-state index contributed by atoms with van der Waals surface area (Å²) in [7, 11) is 0. The summed E-state index contributed by atoms with van der Waals surface area (Å²) in [4.78, 5) is 2.51. The number of hydrogen-bond acceptors (Lipinski definition) is 2. The first-order valence-corrected chi connectivity index (χ1v) is 7.19. The Morgan fingerprint density at radius 1 is 1.24 bits per heavy atom. The van der Waals surface area contributed by atoms with Crippen molar-refractivity contribution in [2.24, 2.45) is 11.1 Å². The van der Waals surface area contributed by atoms with Crippen LogP contribution in [0.25, 0.3) is 0 Å². The molecule has 2 nitrogen and oxygen atoms in total. The summed E-state index contributed by atoms with van der Waals surface area (Å²) in [5, 5.41) is 0. The highest BCUT2D eigenvalue weighted by atomic mass is 15.1. The minimum absolute atomic E-state index is 0.377. The summed E-state index contributed by atoms with van der Waals surface area (Å²) in [5.41, 5.74) is 7.73. The van der Waals surface area contributed by atoms with Crippen molar-refractivity contribution in [3.05, 3.63) is 12.2 Å². The third-order valence-electron chi connectivity index (χ3n) is 4.10. The Hall–Kier alpha value is -0.340. The molecule has 1 rings (SSSR count). The Labute approximate surface area is 107 Å². The van der Waals surface area contributed by atoms with Crippen molar-refractivity contribution in [3.63, 3.8) is 0 Å². The Balaban J connectivity index is 2.60. The molecule has 100 valence electrons. The van der Waals surface area contributed by atoms with Crippen molar-refractivity contribution >= 4 is 0 Å². The minimum Gasteiger partial charge on any atom is -0.330 e. The smallest absolute Gasteiger partial charge is 0.0187 e. The first kappa shape index (κ1) is 14.7. The van der Waals surface area contributed by atoms with Gasteiger partial charge in [0.05, 0.1) is 0 Å². The molecule has 1 fully saturated rings. The first-order chi connectivity index (χ1) is 8.12. The van der Waals surface area contributed by atoms with Crippen molar-refractivity contribution < 1.29 is 0 Å². The fourth-order valence-corrected chi connectivity index (χ4v) is 3.04. The van der Waals surface area contributed by atoms with Crippen LogP contribution in [0.4, 0.5) is 0 Å². The Bertz CT molecular complexity index is 227. The molecule has 0 amide bonds. The zero-order valence-corrected chi connectivity index (χ0v) is 11.8. The molecule has 0 unspecified atom stereocenters. The second-order valence-corrected chi connectivity index (χ2v) is 5.88. The lowest BCUT2D eigenvalue weighted by molar-refractivity contribution is 0.148. The molecule has 1 aliphatic carbocycles. The average molecular weight is 238 g/mol. The van der Waals surface area contributed by atoms with Crippen LogP contribution in [0, 0.1) is 5.41 Å². The quantitative estimate of drug-likeness (QED) is 0.569. The topological polar surface area (TPSA) is 29.3 Å². The van der Waals surface area contributed by atoms with E-state index in [0.29, 0.717) is 5.41 Å². The van der Waals surface area contributed by atoms with Gasteiger partial charge in [0, 0.05) is 13.1 Å². The number of nitrogens with zero attached hydrogens (tertiary/aromatic N) is 1. The molecular weight excluding hydrogens is 208 g/mol. The lowest BCUT2D eigenvalue weighted by Gasteiger charge is -2.37. The van der Waals surface area contributed by atoms with Crippen molar-refractivity contribution in [2.75, 3.05) is 26.2 Å². The SMILES string of the molecule is C=C(C)CN(CC)CC1(CN)CCCCCC1. The highest BCUT2D eigenvalue weighted by Gasteiger charge is 2.31. The number of rotatable bonds is 6. The molecule has 0 atom stereocenters. The van der Waals surface area contributed by atoms with E-state index in [4.69, 9.17) is 5.73 Å². The maximum atomic E-state index is 6.09. The summed E-state index contributed by atoms with van der Waals surface area (Å²) >= 11 is 0. The molecule has 0 aromatic heterocycles. The van der Waals surface area contributed by atoms with Crippen LogP contribution in [-0.4, -0.2) is 31.1 Å². The van der Waals surface area contributed by atoms with Gasteiger partial charge < -0.3 is 5.73 Å². The van der Waals surface area contributed by atoms with Gasteiger partial charge in [-0.05, 0) is 38.3 Å². The maximum Gasteiger partial charge on any atom is 0.0187 e. The molecule has 17 heavy (non-hydrogen) atoms. The van der Waals surface area contributed by atoms with E-state index in [-0.39, 0.29) is 0 Å². The van der Waals surface area contributed by atoms with Crippen molar-refractivity contribution in [2.45, 2.75) is 52.4 Å². The highest BCUT2D eigenvalue weighted by molar-refractivity contribution is 4.94. The normalized spacial score (nSPS) is 20.2. The fourth-order valence-electron chi connectivity index (χ4n) is 3.04. The van der Waals surface area contributed by atoms with E-state index >= 15 is 0 Å². The predicted molar refractivity (Wildman–Crippen MR) is 76.1 cm³/mol. The van der Waals surface area contributed by atoms with Crippen LogP contribution in [0.3, 0.4) is 0 Å². The van der Waals surface area contributed by atoms with Crippen LogP contribution in [0.2, 0.25) is 0 Å². The summed E-state index contributed by atoms with van der Waals surface area (Å²) in [6, 6.07) is 0. The van der Waals surface area contributed by atoms with Gasteiger partial charge in [-0.25, -0.2) is 0 Å². The van der Waals surface area contributed by atoms with Crippen molar-refractivity contribution in [1.82, 2.24) is 4.90 Å². The van der Waals surface area contributed by atoms with Gasteiger partial charge >= 0.3 is 0 Å². The van der Waals surface area contributed by atoms with Gasteiger partial charge in [-0.2, -0.15) is 0 Å². The minimum atomic E-state index is 0.377. The summed E-state index contributed by atoms with van der Waals surface area (Å²) < 4.78 is 0. The van der Waals surface area contributed by atoms with Gasteiger partial charge in [0.2, 0.25) is 0 Å². The third kappa shape index (κ3) is 4.81. The second kappa shape index (κ2) is 7.17. The third-order valence-corrected chi connectivity index (χ3v) is 4.10. The summed E-state index contributed by atoms with van der Waals surface area (Å²) in [6.45, 7) is 12.5. The molecular formula is C15H30N2. The van der Waals surface area contributed by atoms with Gasteiger partial charge in [-0.15, -0.1) is 0 Å². The van der Waals surface area contributed by atoms with E-state index < -0.39 is 0 Å².